The van der Waals surface area contributed by atoms with Crippen molar-refractivity contribution >= 4 is 35.7 Å². The number of rotatable bonds is 8. The highest BCUT2D eigenvalue weighted by Crippen LogP contribution is 2.26. The van der Waals surface area contributed by atoms with Crippen molar-refractivity contribution in [2.24, 2.45) is 5.10 Å². The third-order valence-electron chi connectivity index (χ3n) is 4.61. The summed E-state index contributed by atoms with van der Waals surface area (Å²) in [5.74, 6) is -0.170. The number of methoxy groups -OCH3 is 2. The van der Waals surface area contributed by atoms with Crippen molar-refractivity contribution in [3.05, 3.63) is 94.1 Å². The Labute approximate surface area is 201 Å². The van der Waals surface area contributed by atoms with Crippen molar-refractivity contribution in [2.75, 3.05) is 14.2 Å². The van der Waals surface area contributed by atoms with Crippen LogP contribution in [0, 0.1) is 0 Å². The lowest BCUT2D eigenvalue weighted by Gasteiger charge is -2.12. The van der Waals surface area contributed by atoms with Crippen LogP contribution >= 0.6 is 11.6 Å². The molecule has 0 aromatic heterocycles. The van der Waals surface area contributed by atoms with Gasteiger partial charge in [-0.3, -0.25) is 9.59 Å². The van der Waals surface area contributed by atoms with Gasteiger partial charge >= 0.3 is 0 Å². The fourth-order valence-electron chi connectivity index (χ4n) is 2.90. The van der Waals surface area contributed by atoms with Crippen LogP contribution in [0.2, 0.25) is 5.02 Å². The molecule has 9 heteroatoms. The lowest BCUT2D eigenvalue weighted by Crippen LogP contribution is -2.32. The lowest BCUT2D eigenvalue weighted by molar-refractivity contribution is -0.117. The van der Waals surface area contributed by atoms with E-state index < -0.39 is 11.8 Å². The summed E-state index contributed by atoms with van der Waals surface area (Å²) >= 11 is 6.07. The molecule has 0 radical (unpaired) electrons. The van der Waals surface area contributed by atoms with Crippen LogP contribution in [0.4, 0.5) is 0 Å². The Hall–Kier alpha value is -4.30. The second-order valence-electron chi connectivity index (χ2n) is 6.89. The maximum atomic E-state index is 12.9. The van der Waals surface area contributed by atoms with Crippen molar-refractivity contribution in [2.45, 2.75) is 0 Å². The van der Waals surface area contributed by atoms with Gasteiger partial charge in [0.1, 0.15) is 22.9 Å². The Kier molecular flexibility index (Phi) is 8.26. The van der Waals surface area contributed by atoms with Gasteiger partial charge in [0.2, 0.25) is 0 Å². The van der Waals surface area contributed by atoms with Crippen LogP contribution in [0.1, 0.15) is 21.5 Å². The maximum absolute atomic E-state index is 12.9. The first-order chi connectivity index (χ1) is 16.4. The molecule has 0 spiro atoms. The van der Waals surface area contributed by atoms with Crippen LogP contribution < -0.4 is 20.2 Å². The predicted octanol–water partition coefficient (Wildman–Crippen LogP) is 3.98. The summed E-state index contributed by atoms with van der Waals surface area (Å²) in [7, 11) is 3.01. The lowest BCUT2D eigenvalue weighted by atomic mass is 10.1. The fourth-order valence-corrected chi connectivity index (χ4v) is 3.07. The van der Waals surface area contributed by atoms with Gasteiger partial charge in [-0.05, 0) is 54.6 Å². The molecule has 0 saturated heterocycles. The topological polar surface area (TPSA) is 109 Å². The van der Waals surface area contributed by atoms with Gasteiger partial charge in [0.25, 0.3) is 11.8 Å². The van der Waals surface area contributed by atoms with Crippen molar-refractivity contribution in [1.29, 1.82) is 0 Å². The average Bonchev–Trinajstić information content (AvgIpc) is 2.86. The van der Waals surface area contributed by atoms with E-state index in [2.05, 4.69) is 15.8 Å². The molecule has 3 aromatic rings. The van der Waals surface area contributed by atoms with Gasteiger partial charge in [-0.15, -0.1) is 0 Å². The van der Waals surface area contributed by atoms with E-state index in [0.29, 0.717) is 33.2 Å². The molecule has 0 aliphatic carbocycles. The van der Waals surface area contributed by atoms with Crippen LogP contribution in [0.15, 0.2) is 77.5 Å². The number of halogens is 1. The zero-order chi connectivity index (χ0) is 24.5. The summed E-state index contributed by atoms with van der Waals surface area (Å²) in [5, 5.41) is 16.5. The van der Waals surface area contributed by atoms with Crippen molar-refractivity contribution in [1.82, 2.24) is 10.7 Å². The second-order valence-corrected chi connectivity index (χ2v) is 7.30. The number of amides is 2. The SMILES string of the molecule is COc1ccc(OC)c(/C=C(\NC(=O)c2ccccc2)C(=O)N/N=C/c2cc(O)ccc2Cl)c1. The molecule has 174 valence electrons. The molecule has 2 amide bonds. The van der Waals surface area contributed by atoms with Gasteiger partial charge in [-0.1, -0.05) is 29.8 Å². The van der Waals surface area contributed by atoms with Crippen molar-refractivity contribution in [3.8, 4) is 17.2 Å². The van der Waals surface area contributed by atoms with E-state index in [-0.39, 0.29) is 11.4 Å². The zero-order valence-electron chi connectivity index (χ0n) is 18.4. The van der Waals surface area contributed by atoms with E-state index in [1.54, 1.807) is 48.5 Å². The van der Waals surface area contributed by atoms with Crippen LogP contribution in [-0.4, -0.2) is 37.4 Å². The Balaban J connectivity index is 1.91. The highest BCUT2D eigenvalue weighted by atomic mass is 35.5. The molecule has 0 bridgehead atoms. The summed E-state index contributed by atoms with van der Waals surface area (Å²) in [6, 6.07) is 17.8. The molecular formula is C25H22ClN3O5. The summed E-state index contributed by atoms with van der Waals surface area (Å²) in [6.07, 6.45) is 2.73. The normalized spacial score (nSPS) is 11.2. The molecule has 0 heterocycles. The molecule has 3 N–H and O–H groups in total. The largest absolute Gasteiger partial charge is 0.508 e. The number of benzene rings is 3. The predicted molar refractivity (Wildman–Crippen MR) is 130 cm³/mol. The molecule has 0 saturated carbocycles. The average molecular weight is 480 g/mol. The first-order valence-electron chi connectivity index (χ1n) is 10.0. The minimum atomic E-state index is -0.693. The number of nitrogens with zero attached hydrogens (tertiary/aromatic N) is 1. The van der Waals surface area contributed by atoms with Gasteiger partial charge in [0, 0.05) is 21.7 Å². The maximum Gasteiger partial charge on any atom is 0.287 e. The number of hydrazone groups is 1. The first-order valence-corrected chi connectivity index (χ1v) is 10.4. The molecule has 0 fully saturated rings. The number of hydrogen-bond donors (Lipinski definition) is 3. The quantitative estimate of drug-likeness (QED) is 0.257. The molecule has 0 unspecified atom stereocenters. The number of carbonyl (C=O) groups is 2. The fraction of sp³-hybridized carbons (Fsp3) is 0.0800. The van der Waals surface area contributed by atoms with E-state index in [1.807, 2.05) is 0 Å². The highest BCUT2D eigenvalue weighted by Gasteiger charge is 2.16. The van der Waals surface area contributed by atoms with Crippen LogP contribution in [0.3, 0.4) is 0 Å². The monoisotopic (exact) mass is 479 g/mol. The Morgan fingerprint density at radius 1 is 0.971 bits per heavy atom. The van der Waals surface area contributed by atoms with Crippen LogP contribution in [0.5, 0.6) is 17.2 Å². The number of hydrogen-bond acceptors (Lipinski definition) is 6. The number of aromatic hydroxyl groups is 1. The highest BCUT2D eigenvalue weighted by molar-refractivity contribution is 6.33. The van der Waals surface area contributed by atoms with Gasteiger partial charge in [-0.2, -0.15) is 5.10 Å². The number of carbonyl (C=O) groups excluding carboxylic acids is 2. The van der Waals surface area contributed by atoms with E-state index >= 15 is 0 Å². The third kappa shape index (κ3) is 6.36. The number of ether oxygens (including phenoxy) is 2. The van der Waals surface area contributed by atoms with Crippen LogP contribution in [-0.2, 0) is 4.79 Å². The van der Waals surface area contributed by atoms with Gasteiger partial charge < -0.3 is 19.9 Å². The molecule has 8 nitrogen and oxygen atoms in total. The summed E-state index contributed by atoms with van der Waals surface area (Å²) in [4.78, 5) is 25.7. The van der Waals surface area contributed by atoms with Crippen molar-refractivity contribution < 1.29 is 24.2 Å². The summed E-state index contributed by atoms with van der Waals surface area (Å²) < 4.78 is 10.6. The summed E-state index contributed by atoms with van der Waals surface area (Å²) in [6.45, 7) is 0. The first kappa shape index (κ1) is 24.3. The molecule has 3 rings (SSSR count). The smallest absolute Gasteiger partial charge is 0.287 e. The molecular weight excluding hydrogens is 458 g/mol. The Bertz CT molecular complexity index is 1240. The molecule has 0 aliphatic rings. The van der Waals surface area contributed by atoms with Crippen molar-refractivity contribution in [3.63, 3.8) is 0 Å². The van der Waals surface area contributed by atoms with E-state index in [1.165, 1.54) is 44.7 Å². The van der Waals surface area contributed by atoms with E-state index in [0.717, 1.165) is 0 Å². The standard InChI is InChI=1S/C25H22ClN3O5/c1-33-20-9-11-23(34-2)17(13-20)14-22(28-24(31)16-6-4-3-5-7-16)25(32)29-27-15-18-12-19(30)8-10-21(18)26/h3-15,30H,1-2H3,(H,28,31)(H,29,32)/b22-14-,27-15+. The molecule has 0 atom stereocenters. The van der Waals surface area contributed by atoms with E-state index in [4.69, 9.17) is 21.1 Å². The zero-order valence-corrected chi connectivity index (χ0v) is 19.2. The molecule has 34 heavy (non-hydrogen) atoms. The van der Waals surface area contributed by atoms with Crippen LogP contribution in [0.25, 0.3) is 6.08 Å². The minimum absolute atomic E-state index is 0.00185. The minimum Gasteiger partial charge on any atom is -0.508 e. The number of phenols is 1. The Morgan fingerprint density at radius 3 is 2.44 bits per heavy atom. The third-order valence-corrected chi connectivity index (χ3v) is 4.96. The molecule has 3 aromatic carbocycles. The second kappa shape index (κ2) is 11.5. The number of nitrogens with one attached hydrogen (secondary N) is 2. The van der Waals surface area contributed by atoms with Gasteiger partial charge in [0.15, 0.2) is 0 Å². The van der Waals surface area contributed by atoms with E-state index in [9.17, 15) is 14.7 Å². The van der Waals surface area contributed by atoms with Gasteiger partial charge in [-0.25, -0.2) is 5.43 Å². The number of phenolic OH excluding ortho intramolecular Hbond substituents is 1. The Morgan fingerprint density at radius 2 is 1.74 bits per heavy atom. The summed E-state index contributed by atoms with van der Waals surface area (Å²) in [5.41, 5.74) is 3.54. The van der Waals surface area contributed by atoms with Gasteiger partial charge in [0.05, 0.1) is 20.4 Å². The molecule has 0 aliphatic heterocycles.